The number of carboxylic acids is 1. The third-order valence-corrected chi connectivity index (χ3v) is 5.31. The van der Waals surface area contributed by atoms with Gasteiger partial charge in [0.15, 0.2) is 12.6 Å². The number of nitrogens with one attached hydrogen (secondary N) is 3. The van der Waals surface area contributed by atoms with E-state index >= 15 is 0 Å². The normalized spacial score (nSPS) is 13.7. The van der Waals surface area contributed by atoms with Gasteiger partial charge in [-0.3, -0.25) is 14.6 Å². The fraction of sp³-hybridized carbons (Fsp3) is 0.304. The Bertz CT molecular complexity index is 1070. The number of hydrogen-bond donors (Lipinski definition) is 4. The molecule has 0 saturated heterocycles. The van der Waals surface area contributed by atoms with Gasteiger partial charge in [-0.25, -0.2) is 4.98 Å². The molecule has 0 radical (unpaired) electrons. The summed E-state index contributed by atoms with van der Waals surface area (Å²) in [6.07, 6.45) is 8.34. The van der Waals surface area contributed by atoms with Crippen LogP contribution in [0.5, 0.6) is 5.75 Å². The molecule has 0 bridgehead atoms. The number of carbonyl (C=O) groups excluding carboxylic acids is 1. The highest BCUT2D eigenvalue weighted by Gasteiger charge is 2.26. The number of carbonyl (C=O) groups is 2. The monoisotopic (exact) mass is 450 g/mol. The van der Waals surface area contributed by atoms with E-state index in [-0.39, 0.29) is 18.9 Å². The van der Waals surface area contributed by atoms with E-state index in [9.17, 15) is 14.7 Å². The average molecular weight is 450 g/mol. The van der Waals surface area contributed by atoms with Gasteiger partial charge in [-0.05, 0) is 36.6 Å². The Kier molecular flexibility index (Phi) is 7.03. The van der Waals surface area contributed by atoms with Gasteiger partial charge in [0.25, 0.3) is 5.91 Å². The molecule has 1 aliphatic heterocycles. The van der Waals surface area contributed by atoms with Gasteiger partial charge in [0.2, 0.25) is 0 Å². The van der Waals surface area contributed by atoms with E-state index in [1.54, 1.807) is 41.8 Å². The van der Waals surface area contributed by atoms with Gasteiger partial charge in [0.1, 0.15) is 5.75 Å². The number of nitrogens with zero attached hydrogens (tertiary/aromatic N) is 3. The van der Waals surface area contributed by atoms with E-state index in [0.717, 1.165) is 30.9 Å². The summed E-state index contributed by atoms with van der Waals surface area (Å²) >= 11 is 0. The van der Waals surface area contributed by atoms with E-state index in [4.69, 9.17) is 4.74 Å². The maximum Gasteiger partial charge on any atom is 0.305 e. The molecule has 4 rings (SSSR count). The second kappa shape index (κ2) is 10.5. The number of rotatable bonds is 11. The first-order valence-electron chi connectivity index (χ1n) is 10.8. The van der Waals surface area contributed by atoms with E-state index < -0.39 is 12.0 Å². The van der Waals surface area contributed by atoms with E-state index in [1.165, 1.54) is 0 Å². The highest BCUT2D eigenvalue weighted by atomic mass is 16.5. The zero-order valence-electron chi connectivity index (χ0n) is 18.0. The molecule has 3 aromatic rings. The number of pyridine rings is 1. The first kappa shape index (κ1) is 22.1. The minimum Gasteiger partial charge on any atom is -0.481 e. The molecule has 0 fully saturated rings. The second-order valence-electron chi connectivity index (χ2n) is 7.67. The molecule has 1 atom stereocenters. The van der Waals surface area contributed by atoms with Crippen LogP contribution in [0.15, 0.2) is 55.1 Å². The molecule has 10 heteroatoms. The molecule has 1 aromatic carbocycles. The number of hydrogen-bond acceptors (Lipinski definition) is 7. The lowest BCUT2D eigenvalue weighted by atomic mass is 10.1. The molecule has 1 aliphatic rings. The molecule has 33 heavy (non-hydrogen) atoms. The number of fused-ring (bicyclic) bond motifs is 1. The maximum absolute atomic E-state index is 12.5. The van der Waals surface area contributed by atoms with Crippen LogP contribution >= 0.6 is 0 Å². The van der Waals surface area contributed by atoms with Gasteiger partial charge in [0, 0.05) is 49.6 Å². The zero-order chi connectivity index (χ0) is 23.0. The summed E-state index contributed by atoms with van der Waals surface area (Å²) in [6, 6.07) is 8.63. The molecule has 172 valence electrons. The summed E-state index contributed by atoms with van der Waals surface area (Å²) in [5.41, 5.74) is 2.20. The number of anilines is 3. The van der Waals surface area contributed by atoms with Crippen molar-refractivity contribution in [3.8, 4) is 5.75 Å². The van der Waals surface area contributed by atoms with Gasteiger partial charge in [-0.2, -0.15) is 0 Å². The molecule has 0 saturated carbocycles. The second-order valence-corrected chi connectivity index (χ2v) is 7.67. The van der Waals surface area contributed by atoms with Gasteiger partial charge < -0.3 is 30.4 Å². The van der Waals surface area contributed by atoms with Gasteiger partial charge in [-0.15, -0.1) is 0 Å². The van der Waals surface area contributed by atoms with Crippen molar-refractivity contribution in [3.63, 3.8) is 0 Å². The van der Waals surface area contributed by atoms with Crippen molar-refractivity contribution in [2.75, 3.05) is 35.2 Å². The Morgan fingerprint density at radius 2 is 2.18 bits per heavy atom. The van der Waals surface area contributed by atoms with Crippen molar-refractivity contribution in [2.45, 2.75) is 25.3 Å². The molecule has 4 N–H and O–H groups in total. The summed E-state index contributed by atoms with van der Waals surface area (Å²) < 4.78 is 5.67. The minimum absolute atomic E-state index is 0.0255. The molecular weight excluding hydrogens is 424 g/mol. The predicted octanol–water partition coefficient (Wildman–Crippen LogP) is 3.05. The van der Waals surface area contributed by atoms with Gasteiger partial charge in [-0.1, -0.05) is 6.07 Å². The fourth-order valence-electron chi connectivity index (χ4n) is 3.71. The largest absolute Gasteiger partial charge is 0.481 e. The van der Waals surface area contributed by atoms with Crippen LogP contribution in [0.1, 0.15) is 30.9 Å². The van der Waals surface area contributed by atoms with Crippen molar-refractivity contribution >= 4 is 29.2 Å². The molecule has 0 spiro atoms. The topological polar surface area (TPSA) is 132 Å². The van der Waals surface area contributed by atoms with Crippen LogP contribution in [0.3, 0.4) is 0 Å². The molecule has 2 aromatic heterocycles. The van der Waals surface area contributed by atoms with E-state index in [1.807, 2.05) is 18.2 Å². The third kappa shape index (κ3) is 5.79. The number of imidazole rings is 1. The Balaban J connectivity index is 1.40. The summed E-state index contributed by atoms with van der Waals surface area (Å²) in [7, 11) is 0. The first-order chi connectivity index (χ1) is 16.1. The standard InChI is InChI=1S/C23H26N6O4/c30-21-15-33-20-12-17(28-18(13-22(31)32)16-4-3-7-24-14-16)5-6-19(20)29(21)11-2-1-8-25-23-26-9-10-27-23/h3-7,9-10,12,14,18,28H,1-2,8,11,13,15H2,(H,31,32)(H2,25,26,27). The highest BCUT2D eigenvalue weighted by Crippen LogP contribution is 2.36. The van der Waals surface area contributed by atoms with Crippen molar-refractivity contribution < 1.29 is 19.4 Å². The van der Waals surface area contributed by atoms with Crippen LogP contribution in [-0.4, -0.2) is 51.6 Å². The molecule has 10 nitrogen and oxygen atoms in total. The summed E-state index contributed by atoms with van der Waals surface area (Å²) in [4.78, 5) is 36.8. The zero-order valence-corrected chi connectivity index (χ0v) is 18.0. The van der Waals surface area contributed by atoms with Crippen molar-refractivity contribution in [2.24, 2.45) is 0 Å². The van der Waals surface area contributed by atoms with E-state index in [2.05, 4.69) is 25.6 Å². The number of H-pyrrole nitrogens is 1. The number of benzene rings is 1. The highest BCUT2D eigenvalue weighted by molar-refractivity contribution is 5.98. The van der Waals surface area contributed by atoms with Crippen LogP contribution in [0.25, 0.3) is 0 Å². The number of ether oxygens (including phenoxy) is 1. The number of aliphatic carboxylic acids is 1. The third-order valence-electron chi connectivity index (χ3n) is 5.31. The molecule has 0 aliphatic carbocycles. The summed E-state index contributed by atoms with van der Waals surface area (Å²) in [5.74, 6) is 0.328. The molecule has 1 amide bonds. The first-order valence-corrected chi connectivity index (χ1v) is 10.8. The van der Waals surface area contributed by atoms with Crippen molar-refractivity contribution in [3.05, 3.63) is 60.7 Å². The molecular formula is C23H26N6O4. The lowest BCUT2D eigenvalue weighted by Gasteiger charge is -2.30. The summed E-state index contributed by atoms with van der Waals surface area (Å²) in [6.45, 7) is 1.31. The number of unbranched alkanes of at least 4 members (excludes halogenated alkanes) is 1. The average Bonchev–Trinajstić information content (AvgIpc) is 3.33. The van der Waals surface area contributed by atoms with Gasteiger partial charge >= 0.3 is 5.97 Å². The number of aromatic nitrogens is 3. The smallest absolute Gasteiger partial charge is 0.305 e. The van der Waals surface area contributed by atoms with Crippen LogP contribution < -0.4 is 20.3 Å². The number of amides is 1. The maximum atomic E-state index is 12.5. The minimum atomic E-state index is -0.913. The van der Waals surface area contributed by atoms with Crippen LogP contribution in [0, 0.1) is 0 Å². The lowest BCUT2D eigenvalue weighted by molar-refractivity contribution is -0.137. The van der Waals surface area contributed by atoms with E-state index in [0.29, 0.717) is 23.7 Å². The Morgan fingerprint density at radius 3 is 2.94 bits per heavy atom. The SMILES string of the molecule is O=C(O)CC(Nc1ccc2c(c1)OCC(=O)N2CCCCNc1ncc[nH]1)c1cccnc1. The van der Waals surface area contributed by atoms with Crippen molar-refractivity contribution in [1.82, 2.24) is 15.0 Å². The number of carboxylic acid groups (broad SMARTS) is 1. The van der Waals surface area contributed by atoms with Crippen molar-refractivity contribution in [1.29, 1.82) is 0 Å². The van der Waals surface area contributed by atoms with Gasteiger partial charge in [0.05, 0.1) is 18.2 Å². The predicted molar refractivity (Wildman–Crippen MR) is 123 cm³/mol. The lowest BCUT2D eigenvalue weighted by Crippen LogP contribution is -2.39. The molecule has 3 heterocycles. The Labute approximate surface area is 191 Å². The summed E-state index contributed by atoms with van der Waals surface area (Å²) in [5, 5.41) is 15.8. The Morgan fingerprint density at radius 1 is 1.27 bits per heavy atom. The van der Waals surface area contributed by atoms with Crippen LogP contribution in [-0.2, 0) is 9.59 Å². The fourth-order valence-corrected chi connectivity index (χ4v) is 3.71. The molecule has 1 unspecified atom stereocenters. The van der Waals surface area contributed by atoms with Crippen LogP contribution in [0.4, 0.5) is 17.3 Å². The quantitative estimate of drug-likeness (QED) is 0.328. The Hall–Kier alpha value is -4.08. The number of aromatic amines is 1. The van der Waals surface area contributed by atoms with Crippen LogP contribution in [0.2, 0.25) is 0 Å².